The van der Waals surface area contributed by atoms with E-state index in [9.17, 15) is 14.4 Å². The molecule has 1 aliphatic heterocycles. The maximum Gasteiger partial charge on any atom is 0.330 e. The van der Waals surface area contributed by atoms with E-state index in [2.05, 4.69) is 16.1 Å². The first-order valence-corrected chi connectivity index (χ1v) is 4.02. The highest BCUT2D eigenvalue weighted by Gasteiger charge is 2.46. The van der Waals surface area contributed by atoms with Gasteiger partial charge >= 0.3 is 17.9 Å². The quantitative estimate of drug-likeness (QED) is 0.368. The average Bonchev–Trinajstić information content (AvgIpc) is 2.37. The summed E-state index contributed by atoms with van der Waals surface area (Å²) in [6.07, 6.45) is 0.932. The molecular weight excluding hydrogens is 188 g/mol. The molecule has 0 saturated carbocycles. The molecule has 1 aliphatic rings. The van der Waals surface area contributed by atoms with Crippen LogP contribution in [0.2, 0.25) is 0 Å². The van der Waals surface area contributed by atoms with Crippen molar-refractivity contribution in [2.75, 3.05) is 6.61 Å². The molecule has 1 saturated heterocycles. The minimum atomic E-state index is -1.05. The molecular formula is C9H10O5. The van der Waals surface area contributed by atoms with Crippen LogP contribution in [0.4, 0.5) is 0 Å². The lowest BCUT2D eigenvalue weighted by molar-refractivity contribution is -0.156. The third-order valence-corrected chi connectivity index (χ3v) is 1.93. The van der Waals surface area contributed by atoms with Crippen molar-refractivity contribution in [3.63, 3.8) is 0 Å². The smallest absolute Gasteiger partial charge is 0.330 e. The van der Waals surface area contributed by atoms with Crippen LogP contribution < -0.4 is 0 Å². The monoisotopic (exact) mass is 198 g/mol. The molecule has 0 aromatic heterocycles. The minimum absolute atomic E-state index is 0.0593. The van der Waals surface area contributed by atoms with Gasteiger partial charge in [0.2, 0.25) is 0 Å². The van der Waals surface area contributed by atoms with Gasteiger partial charge in [-0.2, -0.15) is 0 Å². The minimum Gasteiger partial charge on any atom is -0.461 e. The van der Waals surface area contributed by atoms with E-state index in [4.69, 9.17) is 0 Å². The van der Waals surface area contributed by atoms with Crippen molar-refractivity contribution < 1.29 is 23.9 Å². The molecule has 0 amide bonds. The zero-order chi connectivity index (χ0) is 10.8. The molecule has 5 nitrogen and oxygen atoms in total. The highest BCUT2D eigenvalue weighted by Crippen LogP contribution is 2.30. The second kappa shape index (κ2) is 3.61. The van der Waals surface area contributed by atoms with Gasteiger partial charge in [0.15, 0.2) is 0 Å². The molecule has 14 heavy (non-hydrogen) atoms. The molecule has 76 valence electrons. The van der Waals surface area contributed by atoms with Crippen molar-refractivity contribution >= 4 is 17.9 Å². The number of hydrogen-bond donors (Lipinski definition) is 0. The fraction of sp³-hybridized carbons (Fsp3) is 0.444. The SMILES string of the molecule is C=CC(=O)OCC1(C)CC(=O)OC1=O. The van der Waals surface area contributed by atoms with Crippen LogP contribution in [0.3, 0.4) is 0 Å². The van der Waals surface area contributed by atoms with E-state index in [1.807, 2.05) is 0 Å². The van der Waals surface area contributed by atoms with Gasteiger partial charge in [-0.25, -0.2) is 4.79 Å². The summed E-state index contributed by atoms with van der Waals surface area (Å²) in [6.45, 7) is 4.55. The zero-order valence-corrected chi connectivity index (χ0v) is 7.74. The van der Waals surface area contributed by atoms with Crippen molar-refractivity contribution in [3.05, 3.63) is 12.7 Å². The zero-order valence-electron chi connectivity index (χ0n) is 7.74. The van der Waals surface area contributed by atoms with E-state index < -0.39 is 23.3 Å². The largest absolute Gasteiger partial charge is 0.461 e. The van der Waals surface area contributed by atoms with Crippen LogP contribution in [0.15, 0.2) is 12.7 Å². The van der Waals surface area contributed by atoms with Crippen LogP contribution in [0.5, 0.6) is 0 Å². The molecule has 1 rings (SSSR count). The molecule has 0 spiro atoms. The summed E-state index contributed by atoms with van der Waals surface area (Å²) in [4.78, 5) is 32.6. The highest BCUT2D eigenvalue weighted by molar-refractivity contribution is 5.97. The van der Waals surface area contributed by atoms with E-state index in [1.165, 1.54) is 6.92 Å². The molecule has 0 aromatic carbocycles. The van der Waals surface area contributed by atoms with E-state index in [-0.39, 0.29) is 13.0 Å². The maximum atomic E-state index is 11.1. The third-order valence-electron chi connectivity index (χ3n) is 1.93. The van der Waals surface area contributed by atoms with Crippen LogP contribution in [0.1, 0.15) is 13.3 Å². The van der Waals surface area contributed by atoms with Crippen LogP contribution in [0.25, 0.3) is 0 Å². The predicted octanol–water partition coefficient (Wildman–Crippen LogP) is 0.195. The molecule has 0 aromatic rings. The summed E-state index contributed by atoms with van der Waals surface area (Å²) in [5, 5.41) is 0. The Balaban J connectivity index is 2.58. The Labute approximate surface area is 80.7 Å². The number of hydrogen-bond acceptors (Lipinski definition) is 5. The van der Waals surface area contributed by atoms with Gasteiger partial charge in [0.25, 0.3) is 0 Å². The highest BCUT2D eigenvalue weighted by atomic mass is 16.6. The van der Waals surface area contributed by atoms with Crippen molar-refractivity contribution in [1.82, 2.24) is 0 Å². The molecule has 1 fully saturated rings. The average molecular weight is 198 g/mol. The maximum absolute atomic E-state index is 11.1. The number of ether oxygens (including phenoxy) is 2. The Hall–Kier alpha value is -1.65. The topological polar surface area (TPSA) is 69.7 Å². The Kier molecular flexibility index (Phi) is 2.69. The van der Waals surface area contributed by atoms with Gasteiger partial charge in [-0.3, -0.25) is 9.59 Å². The van der Waals surface area contributed by atoms with Gasteiger partial charge in [-0.1, -0.05) is 6.58 Å². The van der Waals surface area contributed by atoms with Crippen LogP contribution in [-0.2, 0) is 23.9 Å². The number of carbonyl (C=O) groups excluding carboxylic acids is 3. The number of rotatable bonds is 3. The summed E-state index contributed by atoms with van der Waals surface area (Å²) in [5.74, 6) is -1.87. The molecule has 0 N–H and O–H groups in total. The van der Waals surface area contributed by atoms with Crippen molar-refractivity contribution in [2.24, 2.45) is 5.41 Å². The van der Waals surface area contributed by atoms with Gasteiger partial charge in [-0.05, 0) is 6.92 Å². The second-order valence-corrected chi connectivity index (χ2v) is 3.31. The second-order valence-electron chi connectivity index (χ2n) is 3.31. The molecule has 5 heteroatoms. The van der Waals surface area contributed by atoms with Crippen molar-refractivity contribution in [3.8, 4) is 0 Å². The van der Waals surface area contributed by atoms with E-state index in [1.54, 1.807) is 0 Å². The number of carbonyl (C=O) groups is 3. The molecule has 1 atom stereocenters. The van der Waals surface area contributed by atoms with Crippen molar-refractivity contribution in [1.29, 1.82) is 0 Å². The van der Waals surface area contributed by atoms with Gasteiger partial charge < -0.3 is 9.47 Å². The van der Waals surface area contributed by atoms with Gasteiger partial charge in [0, 0.05) is 6.08 Å². The van der Waals surface area contributed by atoms with Gasteiger partial charge in [0.05, 0.1) is 6.42 Å². The first-order chi connectivity index (χ1) is 6.48. The molecule has 0 radical (unpaired) electrons. The Morgan fingerprint density at radius 1 is 1.71 bits per heavy atom. The van der Waals surface area contributed by atoms with E-state index in [0.717, 1.165) is 6.08 Å². The Morgan fingerprint density at radius 2 is 2.36 bits per heavy atom. The lowest BCUT2D eigenvalue weighted by Gasteiger charge is -2.16. The summed E-state index contributed by atoms with van der Waals surface area (Å²) >= 11 is 0. The number of esters is 3. The lowest BCUT2D eigenvalue weighted by atomic mass is 9.90. The summed E-state index contributed by atoms with van der Waals surface area (Å²) in [6, 6.07) is 0. The van der Waals surface area contributed by atoms with Crippen LogP contribution in [0, 0.1) is 5.41 Å². The van der Waals surface area contributed by atoms with Gasteiger partial charge in [-0.15, -0.1) is 0 Å². The standard InChI is InChI=1S/C9H10O5/c1-3-6(10)13-5-9(2)4-7(11)14-8(9)12/h3H,1,4-5H2,2H3. The summed E-state index contributed by atoms with van der Waals surface area (Å²) in [7, 11) is 0. The first-order valence-electron chi connectivity index (χ1n) is 4.02. The lowest BCUT2D eigenvalue weighted by Crippen LogP contribution is -2.29. The Morgan fingerprint density at radius 3 is 2.79 bits per heavy atom. The Bertz CT molecular complexity index is 306. The summed E-state index contributed by atoms with van der Waals surface area (Å²) in [5.41, 5.74) is -1.05. The summed E-state index contributed by atoms with van der Waals surface area (Å²) < 4.78 is 9.03. The molecule has 1 unspecified atom stereocenters. The molecule has 0 aliphatic carbocycles. The molecule has 0 bridgehead atoms. The van der Waals surface area contributed by atoms with Crippen LogP contribution >= 0.6 is 0 Å². The first kappa shape index (κ1) is 10.4. The fourth-order valence-electron chi connectivity index (χ4n) is 1.05. The number of cyclic esters (lactones) is 2. The fourth-order valence-corrected chi connectivity index (χ4v) is 1.05. The van der Waals surface area contributed by atoms with E-state index in [0.29, 0.717) is 0 Å². The van der Waals surface area contributed by atoms with Crippen LogP contribution in [-0.4, -0.2) is 24.5 Å². The predicted molar refractivity (Wildman–Crippen MR) is 45.0 cm³/mol. The normalized spacial score (nSPS) is 25.8. The third kappa shape index (κ3) is 1.99. The van der Waals surface area contributed by atoms with E-state index >= 15 is 0 Å². The van der Waals surface area contributed by atoms with Gasteiger partial charge in [0.1, 0.15) is 12.0 Å². The molecule has 1 heterocycles. The van der Waals surface area contributed by atoms with Crippen molar-refractivity contribution in [2.45, 2.75) is 13.3 Å².